The summed E-state index contributed by atoms with van der Waals surface area (Å²) in [5, 5.41) is 3.56. The maximum Gasteiger partial charge on any atom is 0.242 e. The lowest BCUT2D eigenvalue weighted by atomic mass is 10.1. The molecule has 2 aromatic carbocycles. The van der Waals surface area contributed by atoms with Crippen molar-refractivity contribution in [2.75, 3.05) is 13.3 Å². The zero-order chi connectivity index (χ0) is 22.4. The number of hydrogen-bond donors (Lipinski definition) is 1. The van der Waals surface area contributed by atoms with Crippen molar-refractivity contribution in [3.05, 3.63) is 58.6 Å². The number of nitrogens with zero attached hydrogens (tertiary/aromatic N) is 1. The van der Waals surface area contributed by atoms with Gasteiger partial charge in [0.05, 0.1) is 0 Å². The lowest BCUT2D eigenvalue weighted by Gasteiger charge is -2.29. The highest BCUT2D eigenvalue weighted by Gasteiger charge is 2.26. The van der Waals surface area contributed by atoms with E-state index in [1.807, 2.05) is 44.2 Å². The molecular formula is C24H29ClN2O4. The monoisotopic (exact) mass is 444 g/mol. The number of hydrogen-bond acceptors (Lipinski definition) is 4. The molecule has 0 radical (unpaired) electrons. The van der Waals surface area contributed by atoms with E-state index in [2.05, 4.69) is 5.32 Å². The second kappa shape index (κ2) is 10.5. The fourth-order valence-electron chi connectivity index (χ4n) is 3.31. The van der Waals surface area contributed by atoms with Gasteiger partial charge in [-0.1, -0.05) is 43.6 Å². The highest BCUT2D eigenvalue weighted by Crippen LogP contribution is 2.32. The van der Waals surface area contributed by atoms with Gasteiger partial charge >= 0.3 is 0 Å². The molecule has 1 heterocycles. The van der Waals surface area contributed by atoms with Gasteiger partial charge in [0.2, 0.25) is 18.6 Å². The van der Waals surface area contributed by atoms with Gasteiger partial charge in [-0.15, -0.1) is 0 Å². The predicted octanol–water partition coefficient (Wildman–Crippen LogP) is 4.19. The largest absolute Gasteiger partial charge is 0.454 e. The predicted molar refractivity (Wildman–Crippen MR) is 120 cm³/mol. The smallest absolute Gasteiger partial charge is 0.242 e. The van der Waals surface area contributed by atoms with E-state index in [-0.39, 0.29) is 25.0 Å². The molecule has 0 fully saturated rings. The molecule has 1 aliphatic heterocycles. The van der Waals surface area contributed by atoms with Gasteiger partial charge in [0.15, 0.2) is 11.5 Å². The zero-order valence-electron chi connectivity index (χ0n) is 18.2. The van der Waals surface area contributed by atoms with E-state index >= 15 is 0 Å². The molecule has 0 saturated heterocycles. The van der Waals surface area contributed by atoms with Crippen LogP contribution in [-0.4, -0.2) is 36.1 Å². The Morgan fingerprint density at radius 3 is 2.42 bits per heavy atom. The van der Waals surface area contributed by atoms with Crippen molar-refractivity contribution < 1.29 is 19.1 Å². The lowest BCUT2D eigenvalue weighted by Crippen LogP contribution is -2.48. The number of nitrogens with one attached hydrogen (secondary N) is 1. The molecule has 1 atom stereocenters. The summed E-state index contributed by atoms with van der Waals surface area (Å²) in [6.07, 6.45) is 0.835. The van der Waals surface area contributed by atoms with Crippen molar-refractivity contribution in [2.24, 2.45) is 5.92 Å². The standard InChI is InChI=1S/C24H29ClN2O4/c1-16(2)13-26-24(29)17(3)27(14-19-4-8-20(25)9-5-19)23(28)11-7-18-6-10-21-22(12-18)31-15-30-21/h4-6,8-10,12,16-17H,7,11,13-15H2,1-3H3,(H,26,29)/t17-/m0/s1. The molecule has 0 spiro atoms. The Labute approximate surface area is 188 Å². The van der Waals surface area contributed by atoms with Gasteiger partial charge in [0.25, 0.3) is 0 Å². The van der Waals surface area contributed by atoms with Gasteiger partial charge in [-0.3, -0.25) is 9.59 Å². The molecule has 0 aliphatic carbocycles. The van der Waals surface area contributed by atoms with Crippen molar-refractivity contribution in [1.29, 1.82) is 0 Å². The van der Waals surface area contributed by atoms with Crippen LogP contribution >= 0.6 is 11.6 Å². The highest BCUT2D eigenvalue weighted by molar-refractivity contribution is 6.30. The van der Waals surface area contributed by atoms with Crippen molar-refractivity contribution in [1.82, 2.24) is 10.2 Å². The molecular weight excluding hydrogens is 416 g/mol. The topological polar surface area (TPSA) is 67.9 Å². The summed E-state index contributed by atoms with van der Waals surface area (Å²) >= 11 is 5.99. The summed E-state index contributed by atoms with van der Waals surface area (Å²) in [5.74, 6) is 1.51. The third kappa shape index (κ3) is 6.37. The van der Waals surface area contributed by atoms with Crippen LogP contribution < -0.4 is 14.8 Å². The number of fused-ring (bicyclic) bond motifs is 1. The molecule has 31 heavy (non-hydrogen) atoms. The number of amides is 2. The summed E-state index contributed by atoms with van der Waals surface area (Å²) in [7, 11) is 0. The fourth-order valence-corrected chi connectivity index (χ4v) is 3.44. The average molecular weight is 445 g/mol. The van der Waals surface area contributed by atoms with Gasteiger partial charge in [-0.25, -0.2) is 0 Å². The van der Waals surface area contributed by atoms with Gasteiger partial charge < -0.3 is 19.7 Å². The Bertz CT molecular complexity index is 914. The van der Waals surface area contributed by atoms with Crippen molar-refractivity contribution in [2.45, 2.75) is 46.2 Å². The minimum absolute atomic E-state index is 0.0835. The molecule has 7 heteroatoms. The van der Waals surface area contributed by atoms with Crippen molar-refractivity contribution in [3.8, 4) is 11.5 Å². The second-order valence-electron chi connectivity index (χ2n) is 8.15. The van der Waals surface area contributed by atoms with E-state index < -0.39 is 6.04 Å². The van der Waals surface area contributed by atoms with E-state index in [4.69, 9.17) is 21.1 Å². The number of aryl methyl sites for hydroxylation is 1. The Morgan fingerprint density at radius 2 is 1.71 bits per heavy atom. The quantitative estimate of drug-likeness (QED) is 0.629. The number of rotatable bonds is 9. The lowest BCUT2D eigenvalue weighted by molar-refractivity contribution is -0.140. The number of ether oxygens (including phenoxy) is 2. The summed E-state index contributed by atoms with van der Waals surface area (Å²) in [4.78, 5) is 27.5. The summed E-state index contributed by atoms with van der Waals surface area (Å²) in [5.41, 5.74) is 1.91. The molecule has 6 nitrogen and oxygen atoms in total. The molecule has 0 aromatic heterocycles. The maximum absolute atomic E-state index is 13.2. The normalized spacial score (nSPS) is 13.2. The van der Waals surface area contributed by atoms with Crippen LogP contribution in [0.4, 0.5) is 0 Å². The first-order valence-corrected chi connectivity index (χ1v) is 10.9. The zero-order valence-corrected chi connectivity index (χ0v) is 18.9. The van der Waals surface area contributed by atoms with Gasteiger partial charge in [0.1, 0.15) is 6.04 Å². The van der Waals surface area contributed by atoms with Crippen LogP contribution in [0.1, 0.15) is 38.3 Å². The van der Waals surface area contributed by atoms with Crippen molar-refractivity contribution >= 4 is 23.4 Å². The molecule has 2 amide bonds. The van der Waals surface area contributed by atoms with E-state index in [1.54, 1.807) is 24.0 Å². The second-order valence-corrected chi connectivity index (χ2v) is 8.59. The third-order valence-corrected chi connectivity index (χ3v) is 5.43. The number of carbonyl (C=O) groups is 2. The summed E-state index contributed by atoms with van der Waals surface area (Å²) in [6.45, 7) is 6.97. The van der Waals surface area contributed by atoms with Crippen LogP contribution in [0, 0.1) is 5.92 Å². The van der Waals surface area contributed by atoms with E-state index in [0.29, 0.717) is 36.2 Å². The number of carbonyl (C=O) groups excluding carboxylic acids is 2. The maximum atomic E-state index is 13.2. The van der Waals surface area contributed by atoms with Gasteiger partial charge in [0, 0.05) is 24.5 Å². The molecule has 1 N–H and O–H groups in total. The third-order valence-electron chi connectivity index (χ3n) is 5.18. The fraction of sp³-hybridized carbons (Fsp3) is 0.417. The molecule has 1 aliphatic rings. The molecule has 0 unspecified atom stereocenters. The van der Waals surface area contributed by atoms with Crippen LogP contribution in [0.3, 0.4) is 0 Å². The minimum Gasteiger partial charge on any atom is -0.454 e. The highest BCUT2D eigenvalue weighted by atomic mass is 35.5. The Morgan fingerprint density at radius 1 is 1.03 bits per heavy atom. The van der Waals surface area contributed by atoms with Crippen LogP contribution in [0.2, 0.25) is 5.02 Å². The number of halogens is 1. The van der Waals surface area contributed by atoms with Crippen LogP contribution in [0.25, 0.3) is 0 Å². The Hall–Kier alpha value is -2.73. The van der Waals surface area contributed by atoms with Crippen molar-refractivity contribution in [3.63, 3.8) is 0 Å². The van der Waals surface area contributed by atoms with Crippen LogP contribution in [0.5, 0.6) is 11.5 Å². The first kappa shape index (κ1) is 22.9. The average Bonchev–Trinajstić information content (AvgIpc) is 3.22. The molecule has 166 valence electrons. The summed E-state index contributed by atoms with van der Waals surface area (Å²) < 4.78 is 10.8. The van der Waals surface area contributed by atoms with E-state index in [0.717, 1.165) is 16.9 Å². The van der Waals surface area contributed by atoms with Gasteiger partial charge in [-0.2, -0.15) is 0 Å². The van der Waals surface area contributed by atoms with E-state index in [1.165, 1.54) is 0 Å². The van der Waals surface area contributed by atoms with Crippen LogP contribution in [-0.2, 0) is 22.6 Å². The molecule has 0 saturated carbocycles. The SMILES string of the molecule is CC(C)CNC(=O)[C@H](C)N(Cc1ccc(Cl)cc1)C(=O)CCc1ccc2c(c1)OCO2. The first-order valence-electron chi connectivity index (χ1n) is 10.5. The molecule has 2 aromatic rings. The summed E-state index contributed by atoms with van der Waals surface area (Å²) in [6, 6.07) is 12.4. The minimum atomic E-state index is -0.585. The molecule has 0 bridgehead atoms. The Kier molecular flexibility index (Phi) is 7.80. The van der Waals surface area contributed by atoms with Gasteiger partial charge in [-0.05, 0) is 54.7 Å². The first-order chi connectivity index (χ1) is 14.8. The molecule has 3 rings (SSSR count). The Balaban J connectivity index is 1.69. The number of benzene rings is 2. The van der Waals surface area contributed by atoms with E-state index in [9.17, 15) is 9.59 Å². The van der Waals surface area contributed by atoms with Crippen LogP contribution in [0.15, 0.2) is 42.5 Å².